The van der Waals surface area contributed by atoms with Crippen molar-refractivity contribution in [2.24, 2.45) is 0 Å². The Morgan fingerprint density at radius 3 is 1.73 bits per heavy atom. The first-order valence-corrected chi connectivity index (χ1v) is 14.4. The summed E-state index contributed by atoms with van der Waals surface area (Å²) >= 11 is 6.16. The van der Waals surface area contributed by atoms with Crippen molar-refractivity contribution in [1.82, 2.24) is 4.90 Å². The summed E-state index contributed by atoms with van der Waals surface area (Å²) < 4.78 is 53.7. The van der Waals surface area contributed by atoms with E-state index in [1.165, 1.54) is 17.0 Å². The van der Waals surface area contributed by atoms with Gasteiger partial charge in [0.2, 0.25) is 0 Å². The lowest BCUT2D eigenvalue weighted by molar-refractivity contribution is 0.0226. The van der Waals surface area contributed by atoms with Gasteiger partial charge in [-0.2, -0.15) is 0 Å². The fourth-order valence-electron chi connectivity index (χ4n) is 2.74. The molecule has 0 aromatic heterocycles. The third-order valence-corrected chi connectivity index (χ3v) is 5.98. The van der Waals surface area contributed by atoms with Crippen LogP contribution in [0.1, 0.15) is 33.6 Å². The quantitative estimate of drug-likeness (QED) is 0.210. The van der Waals surface area contributed by atoms with Gasteiger partial charge in [0.1, 0.15) is 28.7 Å². The summed E-state index contributed by atoms with van der Waals surface area (Å²) in [5.74, 6) is 0.297. The van der Waals surface area contributed by atoms with Crippen molar-refractivity contribution in [2.45, 2.75) is 39.2 Å². The minimum atomic E-state index is -0.504. The maximum Gasteiger partial charge on any atom is 0.410 e. The van der Waals surface area contributed by atoms with Crippen LogP contribution in [0.5, 0.6) is 11.5 Å². The van der Waals surface area contributed by atoms with Crippen LogP contribution in [0.2, 0.25) is 0 Å². The highest BCUT2D eigenvalue weighted by atomic mass is 79.9. The smallest absolute Gasteiger partial charge is 0.410 e. The van der Waals surface area contributed by atoms with Gasteiger partial charge in [-0.3, -0.25) is 0 Å². The highest BCUT2D eigenvalue weighted by Crippen LogP contribution is 2.22. The van der Waals surface area contributed by atoms with Gasteiger partial charge in [-0.25, -0.2) is 13.6 Å². The fourth-order valence-corrected chi connectivity index (χ4v) is 3.23. The van der Waals surface area contributed by atoms with Crippen LogP contribution in [0.15, 0.2) is 45.3 Å². The number of rotatable bonds is 15. The molecule has 0 aliphatic rings. The van der Waals surface area contributed by atoms with Gasteiger partial charge in [-0.15, -0.1) is 0 Å². The van der Waals surface area contributed by atoms with Gasteiger partial charge in [-0.1, -0.05) is 0 Å². The summed E-state index contributed by atoms with van der Waals surface area (Å²) in [6.07, 6.45) is 1.01. The molecule has 0 unspecified atom stereocenters. The van der Waals surface area contributed by atoms with Gasteiger partial charge in [0.25, 0.3) is 0 Å². The Bertz CT molecular complexity index is 1010. The Labute approximate surface area is 252 Å². The molecule has 0 aliphatic heterocycles. The van der Waals surface area contributed by atoms with E-state index >= 15 is 0 Å². The number of aliphatic hydroxyl groups is 1. The van der Waals surface area contributed by atoms with Crippen molar-refractivity contribution in [2.75, 3.05) is 59.8 Å². The van der Waals surface area contributed by atoms with Crippen LogP contribution in [0.25, 0.3) is 0 Å². The number of halogens is 4. The first-order chi connectivity index (χ1) is 18.9. The lowest BCUT2D eigenvalue weighted by Crippen LogP contribution is -2.36. The normalized spacial score (nSPS) is 10.9. The minimum absolute atomic E-state index is 0.0266. The third-order valence-electron chi connectivity index (χ3n) is 4.70. The molecular weight excluding hydrogens is 660 g/mol. The molecule has 8 nitrogen and oxygen atoms in total. The molecule has 0 atom stereocenters. The average molecular weight is 699 g/mol. The van der Waals surface area contributed by atoms with E-state index in [1.807, 2.05) is 20.8 Å². The highest BCUT2D eigenvalue weighted by Gasteiger charge is 2.19. The van der Waals surface area contributed by atoms with E-state index in [0.29, 0.717) is 79.5 Å². The van der Waals surface area contributed by atoms with Crippen molar-refractivity contribution >= 4 is 38.0 Å². The number of aliphatic hydroxyl groups excluding tert-OH is 1. The van der Waals surface area contributed by atoms with Crippen molar-refractivity contribution < 1.29 is 42.4 Å². The van der Waals surface area contributed by atoms with E-state index in [0.717, 1.165) is 0 Å². The Balaban J connectivity index is 0.000000433. The zero-order valence-electron chi connectivity index (χ0n) is 23.4. The predicted octanol–water partition coefficient (Wildman–Crippen LogP) is 6.61. The standard InChI is InChI=1S/C17H25BrFNO4.C11H14BrFO3/c1-17(2,3)24-16(21)20(4)8-11-22-9-5-10-23-13-6-7-14(18)15(19)12-13;12-10-3-2-9(8-11(10)13)16-6-1-5-15-7-4-14/h6-7,12H,5,8-11H2,1-4H3;2-3,8,14H,1,4-7H2. The second-order valence-electron chi connectivity index (χ2n) is 9.41. The topological polar surface area (TPSA) is 86.7 Å². The number of nitrogens with zero attached hydrogens (tertiary/aromatic N) is 1. The number of hydrogen-bond donors (Lipinski definition) is 1. The molecular formula is C28H39Br2F2NO7. The average Bonchev–Trinajstić information content (AvgIpc) is 2.89. The number of carbonyl (C=O) groups is 1. The molecule has 2 rings (SSSR count). The van der Waals surface area contributed by atoms with Gasteiger partial charge in [-0.05, 0) is 76.9 Å². The molecule has 40 heavy (non-hydrogen) atoms. The molecule has 0 bridgehead atoms. The van der Waals surface area contributed by atoms with Crippen molar-refractivity contribution in [3.63, 3.8) is 0 Å². The summed E-state index contributed by atoms with van der Waals surface area (Å²) in [5.41, 5.74) is -0.504. The maximum absolute atomic E-state index is 13.3. The molecule has 12 heteroatoms. The minimum Gasteiger partial charge on any atom is -0.493 e. The summed E-state index contributed by atoms with van der Waals surface area (Å²) in [6.45, 7) is 8.64. The van der Waals surface area contributed by atoms with Gasteiger partial charge >= 0.3 is 6.09 Å². The van der Waals surface area contributed by atoms with Crippen LogP contribution in [0.3, 0.4) is 0 Å². The molecule has 0 fully saturated rings. The molecule has 0 aliphatic carbocycles. The number of likely N-dealkylation sites (N-methyl/N-ethyl adjacent to an activating group) is 1. The van der Waals surface area contributed by atoms with Crippen LogP contribution < -0.4 is 9.47 Å². The lowest BCUT2D eigenvalue weighted by Gasteiger charge is -2.24. The summed E-state index contributed by atoms with van der Waals surface area (Å²) in [7, 11) is 1.67. The fraction of sp³-hybridized carbons (Fsp3) is 0.536. The summed E-state index contributed by atoms with van der Waals surface area (Å²) in [6, 6.07) is 9.27. The monoisotopic (exact) mass is 697 g/mol. The predicted molar refractivity (Wildman–Crippen MR) is 156 cm³/mol. The van der Waals surface area contributed by atoms with E-state index in [1.54, 1.807) is 31.3 Å². The molecule has 226 valence electrons. The zero-order chi connectivity index (χ0) is 30.0. The third kappa shape index (κ3) is 17.0. The molecule has 0 heterocycles. The number of carbonyl (C=O) groups excluding carboxylic acids is 1. The SMILES string of the molecule is CN(CCOCCCOc1ccc(Br)c(F)c1)C(=O)OC(C)(C)C.OCCOCCCOc1ccc(Br)c(F)c1. The van der Waals surface area contributed by atoms with Crippen molar-refractivity contribution in [3.05, 3.63) is 57.0 Å². The van der Waals surface area contributed by atoms with Crippen molar-refractivity contribution in [1.29, 1.82) is 0 Å². The molecule has 2 aromatic rings. The molecule has 0 saturated carbocycles. The molecule has 1 N–H and O–H groups in total. The molecule has 0 radical (unpaired) electrons. The lowest BCUT2D eigenvalue weighted by atomic mass is 10.2. The summed E-state index contributed by atoms with van der Waals surface area (Å²) in [4.78, 5) is 13.2. The van der Waals surface area contributed by atoms with Crippen LogP contribution in [-0.4, -0.2) is 81.5 Å². The van der Waals surface area contributed by atoms with E-state index in [-0.39, 0.29) is 24.3 Å². The van der Waals surface area contributed by atoms with E-state index < -0.39 is 5.60 Å². The molecule has 0 saturated heterocycles. The van der Waals surface area contributed by atoms with E-state index in [2.05, 4.69) is 31.9 Å². The number of hydrogen-bond acceptors (Lipinski definition) is 7. The van der Waals surface area contributed by atoms with Crippen LogP contribution in [-0.2, 0) is 14.2 Å². The number of amides is 1. The first-order valence-electron chi connectivity index (χ1n) is 12.8. The van der Waals surface area contributed by atoms with Gasteiger partial charge in [0, 0.05) is 51.8 Å². The van der Waals surface area contributed by atoms with Gasteiger partial charge < -0.3 is 33.7 Å². The second-order valence-corrected chi connectivity index (χ2v) is 11.1. The Morgan fingerprint density at radius 2 is 1.30 bits per heavy atom. The zero-order valence-corrected chi connectivity index (χ0v) is 26.6. The Morgan fingerprint density at radius 1 is 0.825 bits per heavy atom. The van der Waals surface area contributed by atoms with Gasteiger partial charge in [0.15, 0.2) is 0 Å². The largest absolute Gasteiger partial charge is 0.493 e. The van der Waals surface area contributed by atoms with Crippen LogP contribution in [0.4, 0.5) is 13.6 Å². The summed E-state index contributed by atoms with van der Waals surface area (Å²) in [5, 5.41) is 8.45. The van der Waals surface area contributed by atoms with Crippen molar-refractivity contribution in [3.8, 4) is 11.5 Å². The Kier molecular flexibility index (Phi) is 18.0. The first kappa shape index (κ1) is 36.0. The second kappa shape index (κ2) is 20.0. The molecule has 0 spiro atoms. The Hall–Kier alpha value is -1.99. The highest BCUT2D eigenvalue weighted by molar-refractivity contribution is 9.10. The molecule has 2 aromatic carbocycles. The van der Waals surface area contributed by atoms with Crippen LogP contribution >= 0.6 is 31.9 Å². The van der Waals surface area contributed by atoms with E-state index in [9.17, 15) is 13.6 Å². The number of benzene rings is 2. The van der Waals surface area contributed by atoms with Gasteiger partial charge in [0.05, 0.1) is 42.0 Å². The number of ether oxygens (including phenoxy) is 5. The maximum atomic E-state index is 13.3. The van der Waals surface area contributed by atoms with Crippen LogP contribution in [0, 0.1) is 11.6 Å². The molecule has 1 amide bonds. The van der Waals surface area contributed by atoms with E-state index in [4.69, 9.17) is 28.8 Å².